The Hall–Kier alpha value is -8.20. The Bertz CT molecular complexity index is 3400. The Labute approximate surface area is 375 Å². The summed E-state index contributed by atoms with van der Waals surface area (Å²) in [5.74, 6) is 0. The van der Waals surface area contributed by atoms with Crippen molar-refractivity contribution in [1.82, 2.24) is 4.57 Å². The number of fused-ring (bicyclic) bond motifs is 3. The van der Waals surface area contributed by atoms with Crippen LogP contribution in [-0.2, 0) is 0 Å². The lowest BCUT2D eigenvalue weighted by Crippen LogP contribution is -2.10. The van der Waals surface area contributed by atoms with E-state index in [0.29, 0.717) is 0 Å². The van der Waals surface area contributed by atoms with Crippen LogP contribution < -0.4 is 4.90 Å². The number of rotatable bonds is 9. The number of anilines is 3. The van der Waals surface area contributed by atoms with E-state index in [0.717, 1.165) is 22.7 Å². The first-order valence-corrected chi connectivity index (χ1v) is 22.1. The van der Waals surface area contributed by atoms with Gasteiger partial charge in [-0.15, -0.1) is 0 Å². The highest BCUT2D eigenvalue weighted by molar-refractivity contribution is 6.11. The molecule has 0 atom stereocenters. The quantitative estimate of drug-likeness (QED) is 0.141. The van der Waals surface area contributed by atoms with Gasteiger partial charge in [0.15, 0.2) is 0 Å². The molecule has 1 aromatic heterocycles. The van der Waals surface area contributed by atoms with E-state index >= 15 is 0 Å². The van der Waals surface area contributed by atoms with E-state index in [1.807, 2.05) is 0 Å². The van der Waals surface area contributed by atoms with Crippen molar-refractivity contribution in [2.45, 2.75) is 13.8 Å². The number of benzene rings is 10. The van der Waals surface area contributed by atoms with Gasteiger partial charge in [0.2, 0.25) is 0 Å². The highest BCUT2D eigenvalue weighted by Crippen LogP contribution is 2.41. The van der Waals surface area contributed by atoms with E-state index in [2.05, 4.69) is 266 Å². The largest absolute Gasteiger partial charge is 0.310 e. The first-order chi connectivity index (χ1) is 31.6. The number of hydrogen-bond acceptors (Lipinski definition) is 1. The van der Waals surface area contributed by atoms with Gasteiger partial charge in [-0.1, -0.05) is 170 Å². The second-order valence-corrected chi connectivity index (χ2v) is 16.7. The minimum atomic E-state index is 1.10. The van der Waals surface area contributed by atoms with Crippen LogP contribution in [-0.4, -0.2) is 4.57 Å². The SMILES string of the molecule is Cc1ccccc1-c1ccc(N(c2ccc(-c3ccccc3)cc2)c2ccc(-c3ccc4c(c3)c3cc(-c5ccccc5)ccc3n4-c3ccc(-c4ccccc4)cc3)cc2)cc1C. The summed E-state index contributed by atoms with van der Waals surface area (Å²) in [6.45, 7) is 4.41. The molecular weight excluding hydrogens is 773 g/mol. The Morgan fingerprint density at radius 2 is 0.656 bits per heavy atom. The smallest absolute Gasteiger partial charge is 0.0541 e. The zero-order valence-corrected chi connectivity index (χ0v) is 36.0. The van der Waals surface area contributed by atoms with Crippen molar-refractivity contribution in [1.29, 1.82) is 0 Å². The third-order valence-electron chi connectivity index (χ3n) is 12.7. The normalized spacial score (nSPS) is 11.3. The van der Waals surface area contributed by atoms with Crippen molar-refractivity contribution in [2.24, 2.45) is 0 Å². The minimum absolute atomic E-state index is 1.10. The minimum Gasteiger partial charge on any atom is -0.310 e. The van der Waals surface area contributed by atoms with Crippen LogP contribution in [0, 0.1) is 13.8 Å². The fourth-order valence-corrected chi connectivity index (χ4v) is 9.37. The predicted octanol–water partition coefficient (Wildman–Crippen LogP) is 17.2. The van der Waals surface area contributed by atoms with E-state index in [1.54, 1.807) is 0 Å². The average molecular weight is 819 g/mol. The molecule has 0 aliphatic heterocycles. The molecule has 0 aliphatic carbocycles. The molecule has 0 bridgehead atoms. The van der Waals surface area contributed by atoms with Crippen molar-refractivity contribution >= 4 is 38.9 Å². The number of aromatic nitrogens is 1. The monoisotopic (exact) mass is 818 g/mol. The van der Waals surface area contributed by atoms with Crippen LogP contribution in [0.25, 0.3) is 83.1 Å². The summed E-state index contributed by atoms with van der Waals surface area (Å²) in [6, 6.07) is 88.2. The molecule has 11 rings (SSSR count). The number of aryl methyl sites for hydroxylation is 2. The Balaban J connectivity index is 0.998. The molecule has 0 amide bonds. The lowest BCUT2D eigenvalue weighted by molar-refractivity contribution is 1.18. The molecule has 10 aromatic carbocycles. The predicted molar refractivity (Wildman–Crippen MR) is 272 cm³/mol. The maximum atomic E-state index is 2.41. The van der Waals surface area contributed by atoms with Gasteiger partial charge >= 0.3 is 0 Å². The van der Waals surface area contributed by atoms with Gasteiger partial charge in [0.05, 0.1) is 11.0 Å². The van der Waals surface area contributed by atoms with Gasteiger partial charge in [-0.25, -0.2) is 0 Å². The van der Waals surface area contributed by atoms with Gasteiger partial charge in [0, 0.05) is 33.5 Å². The molecule has 304 valence electrons. The van der Waals surface area contributed by atoms with Crippen molar-refractivity contribution in [2.75, 3.05) is 4.90 Å². The zero-order chi connectivity index (χ0) is 43.0. The summed E-state index contributed by atoms with van der Waals surface area (Å²) in [5.41, 5.74) is 21.5. The molecule has 64 heavy (non-hydrogen) atoms. The summed E-state index contributed by atoms with van der Waals surface area (Å²) in [6.07, 6.45) is 0. The second-order valence-electron chi connectivity index (χ2n) is 16.7. The van der Waals surface area contributed by atoms with Crippen molar-refractivity contribution in [3.8, 4) is 61.3 Å². The summed E-state index contributed by atoms with van der Waals surface area (Å²) in [5, 5.41) is 2.46. The highest BCUT2D eigenvalue weighted by Gasteiger charge is 2.18. The Morgan fingerprint density at radius 1 is 0.281 bits per heavy atom. The van der Waals surface area contributed by atoms with E-state index < -0.39 is 0 Å². The lowest BCUT2D eigenvalue weighted by Gasteiger charge is -2.27. The van der Waals surface area contributed by atoms with Crippen LogP contribution in [0.4, 0.5) is 17.1 Å². The first kappa shape index (κ1) is 38.7. The van der Waals surface area contributed by atoms with Gasteiger partial charge in [-0.05, 0) is 153 Å². The topological polar surface area (TPSA) is 8.17 Å². The van der Waals surface area contributed by atoms with Gasteiger partial charge in [0.25, 0.3) is 0 Å². The molecule has 2 nitrogen and oxygen atoms in total. The van der Waals surface area contributed by atoms with Gasteiger partial charge in [-0.2, -0.15) is 0 Å². The van der Waals surface area contributed by atoms with Crippen LogP contribution in [0.15, 0.2) is 243 Å². The van der Waals surface area contributed by atoms with Crippen molar-refractivity contribution in [3.63, 3.8) is 0 Å². The molecule has 0 N–H and O–H groups in total. The van der Waals surface area contributed by atoms with Crippen molar-refractivity contribution in [3.05, 3.63) is 254 Å². The average Bonchev–Trinajstić information content (AvgIpc) is 3.69. The molecule has 0 saturated carbocycles. The first-order valence-electron chi connectivity index (χ1n) is 22.1. The molecule has 0 radical (unpaired) electrons. The lowest BCUT2D eigenvalue weighted by atomic mass is 9.96. The third kappa shape index (κ3) is 7.25. The maximum absolute atomic E-state index is 2.41. The molecular formula is C62H46N2. The summed E-state index contributed by atoms with van der Waals surface area (Å²) >= 11 is 0. The molecule has 0 unspecified atom stereocenters. The molecule has 2 heteroatoms. The van der Waals surface area contributed by atoms with Gasteiger partial charge in [0.1, 0.15) is 0 Å². The van der Waals surface area contributed by atoms with Crippen LogP contribution in [0.5, 0.6) is 0 Å². The molecule has 0 aliphatic rings. The highest BCUT2D eigenvalue weighted by atomic mass is 15.1. The zero-order valence-electron chi connectivity index (χ0n) is 36.0. The van der Waals surface area contributed by atoms with Crippen LogP contribution in [0.1, 0.15) is 11.1 Å². The summed E-state index contributed by atoms with van der Waals surface area (Å²) < 4.78 is 2.41. The summed E-state index contributed by atoms with van der Waals surface area (Å²) in [7, 11) is 0. The van der Waals surface area contributed by atoms with E-state index in [9.17, 15) is 0 Å². The molecule has 11 aromatic rings. The third-order valence-corrected chi connectivity index (χ3v) is 12.7. The fourth-order valence-electron chi connectivity index (χ4n) is 9.37. The van der Waals surface area contributed by atoms with Crippen molar-refractivity contribution < 1.29 is 0 Å². The van der Waals surface area contributed by atoms with E-state index in [1.165, 1.54) is 88.6 Å². The molecule has 1 heterocycles. The Kier molecular flexibility index (Phi) is 10.0. The van der Waals surface area contributed by atoms with Crippen LogP contribution >= 0.6 is 0 Å². The standard InChI is InChI=1S/C62H46N2/c1-43-14-12-13-21-57(43)58-37-36-56(40-44(58)2)63(53-30-22-48(23-31-53)45-15-6-3-7-16-45)54-32-26-50(27-33-54)52-29-39-62-60(42-52)59-41-51(47-19-10-5-11-20-47)28-38-61(59)64(62)55-34-24-49(25-35-55)46-17-8-4-9-18-46/h3-42H,1-2H3. The molecule has 0 saturated heterocycles. The van der Waals surface area contributed by atoms with E-state index in [4.69, 9.17) is 0 Å². The van der Waals surface area contributed by atoms with Crippen LogP contribution in [0.3, 0.4) is 0 Å². The Morgan fingerprint density at radius 3 is 1.14 bits per heavy atom. The second kappa shape index (κ2) is 16.6. The molecule has 0 fully saturated rings. The maximum Gasteiger partial charge on any atom is 0.0541 e. The van der Waals surface area contributed by atoms with Crippen LogP contribution in [0.2, 0.25) is 0 Å². The fraction of sp³-hybridized carbons (Fsp3) is 0.0323. The van der Waals surface area contributed by atoms with E-state index in [-0.39, 0.29) is 0 Å². The van der Waals surface area contributed by atoms with Gasteiger partial charge in [-0.3, -0.25) is 0 Å². The number of nitrogens with zero attached hydrogens (tertiary/aromatic N) is 2. The van der Waals surface area contributed by atoms with Gasteiger partial charge < -0.3 is 9.47 Å². The summed E-state index contributed by atoms with van der Waals surface area (Å²) in [4.78, 5) is 2.37. The number of hydrogen-bond donors (Lipinski definition) is 0. The molecule has 0 spiro atoms.